The van der Waals surface area contributed by atoms with Gasteiger partial charge in [-0.05, 0) is 70.6 Å². The summed E-state index contributed by atoms with van der Waals surface area (Å²) >= 11 is 0. The zero-order chi connectivity index (χ0) is 59.3. The highest BCUT2D eigenvalue weighted by Gasteiger charge is 2.44. The van der Waals surface area contributed by atoms with Gasteiger partial charge in [0.05, 0.1) is 25.4 Å². The van der Waals surface area contributed by atoms with E-state index in [1.807, 2.05) is 0 Å². The lowest BCUT2D eigenvalue weighted by molar-refractivity contribution is -0.302. The first-order valence-electron chi connectivity index (χ1n) is 34.8. The number of amides is 1. The van der Waals surface area contributed by atoms with Crippen molar-refractivity contribution in [3.05, 3.63) is 85.1 Å². The van der Waals surface area contributed by atoms with Crippen molar-refractivity contribution < 1.29 is 39.8 Å². The minimum Gasteiger partial charge on any atom is -0.394 e. The van der Waals surface area contributed by atoms with E-state index in [1.165, 1.54) is 205 Å². The van der Waals surface area contributed by atoms with Crippen LogP contribution in [0, 0.1) is 0 Å². The molecule has 7 unspecified atom stereocenters. The summed E-state index contributed by atoms with van der Waals surface area (Å²) in [6.07, 6.45) is 80.7. The molecule has 1 rings (SSSR count). The quantitative estimate of drug-likeness (QED) is 0.0261. The fourth-order valence-corrected chi connectivity index (χ4v) is 10.9. The molecule has 9 nitrogen and oxygen atoms in total. The Morgan fingerprint density at radius 3 is 1.12 bits per heavy atom. The number of hydrogen-bond donors (Lipinski definition) is 6. The van der Waals surface area contributed by atoms with E-state index in [1.54, 1.807) is 0 Å². The van der Waals surface area contributed by atoms with Crippen LogP contribution in [0.5, 0.6) is 0 Å². The van der Waals surface area contributed by atoms with Crippen molar-refractivity contribution >= 4 is 5.91 Å². The summed E-state index contributed by atoms with van der Waals surface area (Å²) in [4.78, 5) is 13.1. The molecule has 1 aliphatic heterocycles. The number of nitrogens with one attached hydrogen (secondary N) is 1. The first-order chi connectivity index (χ1) is 40.3. The second kappa shape index (κ2) is 61.5. The molecule has 1 heterocycles. The minimum atomic E-state index is -1.56. The summed E-state index contributed by atoms with van der Waals surface area (Å²) < 4.78 is 11.4. The minimum absolute atomic E-state index is 0.137. The predicted octanol–water partition coefficient (Wildman–Crippen LogP) is 18.9. The topological polar surface area (TPSA) is 149 Å². The molecular weight excluding hydrogens is 1020 g/mol. The van der Waals surface area contributed by atoms with Crippen molar-refractivity contribution in [2.24, 2.45) is 0 Å². The Bertz CT molecular complexity index is 1570. The van der Waals surface area contributed by atoms with Crippen LogP contribution in [0.25, 0.3) is 0 Å². The summed E-state index contributed by atoms with van der Waals surface area (Å²) in [5, 5.41) is 54.9. The monoisotopic (exact) mass is 1150 g/mol. The van der Waals surface area contributed by atoms with Crippen LogP contribution in [0.4, 0.5) is 0 Å². The maximum atomic E-state index is 13.1. The van der Waals surface area contributed by atoms with E-state index in [0.717, 1.165) is 83.5 Å². The molecule has 9 heteroatoms. The number of unbranched alkanes of at least 4 members (excludes halogenated alkanes) is 36. The number of aliphatic hydroxyl groups is 5. The molecule has 0 radical (unpaired) electrons. The molecule has 0 aromatic heterocycles. The second-order valence-corrected chi connectivity index (χ2v) is 23.9. The van der Waals surface area contributed by atoms with Gasteiger partial charge in [0.2, 0.25) is 5.91 Å². The van der Waals surface area contributed by atoms with E-state index in [2.05, 4.69) is 104 Å². The van der Waals surface area contributed by atoms with Crippen molar-refractivity contribution in [3.63, 3.8) is 0 Å². The molecule has 1 aliphatic rings. The summed E-state index contributed by atoms with van der Waals surface area (Å²) in [5.41, 5.74) is 0. The van der Waals surface area contributed by atoms with Gasteiger partial charge in [0.25, 0.3) is 0 Å². The van der Waals surface area contributed by atoms with Gasteiger partial charge in [0.15, 0.2) is 6.29 Å². The fourth-order valence-electron chi connectivity index (χ4n) is 10.9. The number of carbonyl (C=O) groups is 1. The van der Waals surface area contributed by atoms with Crippen LogP contribution in [0.2, 0.25) is 0 Å². The van der Waals surface area contributed by atoms with E-state index in [0.29, 0.717) is 12.8 Å². The number of hydrogen-bond acceptors (Lipinski definition) is 8. The highest BCUT2D eigenvalue weighted by molar-refractivity contribution is 5.76. The van der Waals surface area contributed by atoms with E-state index >= 15 is 0 Å². The SMILES string of the molecule is CC/C=C\C/C=C\C/C=C\C/C=C\C/C=C\C/C=C\C/C=C\CCCCCCCCCCCCCCCCCCCC(=O)NC(COC1OC(CO)C(O)C(O)C1O)C(O)CCCCCCCCCCCCCCCCCCCCCC. The Kier molecular flexibility index (Phi) is 58.0. The molecule has 6 N–H and O–H groups in total. The number of carbonyl (C=O) groups excluding carboxylic acids is 1. The molecule has 0 aliphatic carbocycles. The zero-order valence-electron chi connectivity index (χ0n) is 53.2. The van der Waals surface area contributed by atoms with Gasteiger partial charge < -0.3 is 40.3 Å². The van der Waals surface area contributed by atoms with Gasteiger partial charge in [-0.2, -0.15) is 0 Å². The Balaban J connectivity index is 2.08. The lowest BCUT2D eigenvalue weighted by atomic mass is 9.99. The summed E-state index contributed by atoms with van der Waals surface area (Å²) in [7, 11) is 0. The smallest absolute Gasteiger partial charge is 0.220 e. The molecule has 0 spiro atoms. The van der Waals surface area contributed by atoms with Crippen molar-refractivity contribution in [3.8, 4) is 0 Å². The molecule has 7 atom stereocenters. The first kappa shape index (κ1) is 77.4. The summed E-state index contributed by atoms with van der Waals surface area (Å²) in [5.74, 6) is -0.141. The standard InChI is InChI=1S/C73H131NO8/c1-3-5-7-9-11-13-15-17-19-21-23-25-26-27-28-29-30-31-32-33-34-35-36-37-38-39-40-41-42-43-45-47-49-51-53-55-57-59-61-63-69(77)74-66(65-81-73-72(80)71(79)70(78)68(64-75)82-73)67(76)62-60-58-56-54-52-50-48-46-44-24-22-20-18-16-14-12-10-8-6-4-2/h5,7,11,13,17,19,23,25,27-28,30-31,33-34,66-68,70-73,75-76,78-80H,3-4,6,8-10,12,14-16,18,20-22,24,26,29,32,35-65H2,1-2H3,(H,74,77)/b7-5-,13-11-,19-17-,25-23-,28-27-,31-30-,34-33-. The zero-order valence-corrected chi connectivity index (χ0v) is 53.2. The normalized spacial score (nSPS) is 18.8. The molecule has 1 fully saturated rings. The maximum Gasteiger partial charge on any atom is 0.220 e. The van der Waals surface area contributed by atoms with E-state index < -0.39 is 49.5 Å². The van der Waals surface area contributed by atoms with Gasteiger partial charge in [0, 0.05) is 6.42 Å². The third kappa shape index (κ3) is 49.6. The number of ether oxygens (including phenoxy) is 2. The summed E-state index contributed by atoms with van der Waals surface area (Å²) in [6.45, 7) is 3.76. The van der Waals surface area contributed by atoms with Crippen LogP contribution in [0.15, 0.2) is 85.1 Å². The molecule has 0 bridgehead atoms. The Morgan fingerprint density at radius 2 is 0.756 bits per heavy atom. The summed E-state index contributed by atoms with van der Waals surface area (Å²) in [6, 6.07) is -0.722. The van der Waals surface area contributed by atoms with Gasteiger partial charge in [-0.1, -0.05) is 324 Å². The number of aliphatic hydroxyl groups excluding tert-OH is 5. The molecule has 1 amide bonds. The fraction of sp³-hybridized carbons (Fsp3) is 0.795. The Hall–Kier alpha value is -2.63. The van der Waals surface area contributed by atoms with Crippen LogP contribution in [0.1, 0.15) is 316 Å². The van der Waals surface area contributed by atoms with Crippen LogP contribution in [-0.2, 0) is 14.3 Å². The largest absolute Gasteiger partial charge is 0.394 e. The molecule has 1 saturated heterocycles. The average Bonchev–Trinajstić information content (AvgIpc) is 3.52. The number of allylic oxidation sites excluding steroid dienone is 14. The van der Waals surface area contributed by atoms with Gasteiger partial charge in [-0.25, -0.2) is 0 Å². The molecule has 476 valence electrons. The van der Waals surface area contributed by atoms with Crippen molar-refractivity contribution in [1.82, 2.24) is 5.32 Å². The lowest BCUT2D eigenvalue weighted by Crippen LogP contribution is -2.60. The lowest BCUT2D eigenvalue weighted by Gasteiger charge is -2.40. The Labute approximate surface area is 505 Å². The van der Waals surface area contributed by atoms with Gasteiger partial charge in [0.1, 0.15) is 24.4 Å². The molecule has 0 aromatic carbocycles. The van der Waals surface area contributed by atoms with Crippen molar-refractivity contribution in [2.75, 3.05) is 13.2 Å². The molecule has 0 saturated carbocycles. The highest BCUT2D eigenvalue weighted by Crippen LogP contribution is 2.24. The van der Waals surface area contributed by atoms with Crippen LogP contribution >= 0.6 is 0 Å². The molecular formula is C73H131NO8. The van der Waals surface area contributed by atoms with Crippen molar-refractivity contribution in [2.45, 2.75) is 358 Å². The van der Waals surface area contributed by atoms with Crippen LogP contribution in [-0.4, -0.2) is 87.5 Å². The van der Waals surface area contributed by atoms with E-state index in [-0.39, 0.29) is 12.5 Å². The average molecular weight is 1150 g/mol. The number of rotatable bonds is 60. The third-order valence-corrected chi connectivity index (χ3v) is 16.3. The van der Waals surface area contributed by atoms with E-state index in [9.17, 15) is 30.3 Å². The van der Waals surface area contributed by atoms with Crippen molar-refractivity contribution in [1.29, 1.82) is 0 Å². The second-order valence-electron chi connectivity index (χ2n) is 23.9. The van der Waals surface area contributed by atoms with Gasteiger partial charge in [-0.3, -0.25) is 4.79 Å². The van der Waals surface area contributed by atoms with Gasteiger partial charge in [-0.15, -0.1) is 0 Å². The van der Waals surface area contributed by atoms with E-state index in [4.69, 9.17) is 9.47 Å². The third-order valence-electron chi connectivity index (χ3n) is 16.3. The molecule has 0 aromatic rings. The van der Waals surface area contributed by atoms with Gasteiger partial charge >= 0.3 is 0 Å². The first-order valence-corrected chi connectivity index (χ1v) is 34.8. The maximum absolute atomic E-state index is 13.1. The predicted molar refractivity (Wildman–Crippen MR) is 350 cm³/mol. The van der Waals surface area contributed by atoms with Crippen LogP contribution < -0.4 is 5.32 Å². The molecule has 82 heavy (non-hydrogen) atoms. The highest BCUT2D eigenvalue weighted by atomic mass is 16.7. The Morgan fingerprint density at radius 1 is 0.427 bits per heavy atom. The van der Waals surface area contributed by atoms with Crippen LogP contribution in [0.3, 0.4) is 0 Å².